The third-order valence-electron chi connectivity index (χ3n) is 6.16. The van der Waals surface area contributed by atoms with Crippen molar-refractivity contribution in [3.05, 3.63) is 25.3 Å². The Labute approximate surface area is 210 Å². The van der Waals surface area contributed by atoms with E-state index in [0.29, 0.717) is 13.2 Å². The van der Waals surface area contributed by atoms with Gasteiger partial charge in [-0.1, -0.05) is 102 Å². The van der Waals surface area contributed by atoms with Crippen LogP contribution in [0, 0.1) is 0 Å². The average Bonchev–Trinajstić information content (AvgIpc) is 2.84. The number of carbonyl (C=O) groups is 2. The minimum atomic E-state index is -0.291. The molecule has 0 aliphatic carbocycles. The van der Waals surface area contributed by atoms with Crippen LogP contribution in [0.5, 0.6) is 0 Å². The fourth-order valence-corrected chi connectivity index (χ4v) is 3.98. The summed E-state index contributed by atoms with van der Waals surface area (Å²) in [4.78, 5) is 23.5. The lowest BCUT2D eigenvalue weighted by Gasteiger charge is -2.06. The second-order valence-electron chi connectivity index (χ2n) is 9.46. The van der Waals surface area contributed by atoms with Crippen LogP contribution in [0.15, 0.2) is 25.3 Å². The number of ether oxygens (including phenoxy) is 2. The Balaban J connectivity index is 3.30. The first-order valence-electron chi connectivity index (χ1n) is 14.2. The monoisotopic (exact) mass is 478 g/mol. The van der Waals surface area contributed by atoms with Gasteiger partial charge in [-0.2, -0.15) is 0 Å². The van der Waals surface area contributed by atoms with E-state index in [9.17, 15) is 9.59 Å². The zero-order valence-corrected chi connectivity index (χ0v) is 22.2. The van der Waals surface area contributed by atoms with Crippen LogP contribution in [0.1, 0.15) is 141 Å². The molecule has 0 rings (SSSR count). The van der Waals surface area contributed by atoms with E-state index in [0.717, 1.165) is 38.5 Å². The third-order valence-corrected chi connectivity index (χ3v) is 6.16. The lowest BCUT2D eigenvalue weighted by Crippen LogP contribution is -2.11. The van der Waals surface area contributed by atoms with Gasteiger partial charge < -0.3 is 9.47 Å². The number of unbranched alkanes of at least 4 members (excludes halogenated alkanes) is 18. The first-order chi connectivity index (χ1) is 16.7. The number of allylic oxidation sites excluding steroid dienone is 2. The fraction of sp³-hybridized carbons (Fsp3) is 0.800. The molecule has 4 nitrogen and oxygen atoms in total. The Morgan fingerprint density at radius 3 is 1.00 bits per heavy atom. The van der Waals surface area contributed by atoms with E-state index in [-0.39, 0.29) is 24.8 Å². The molecule has 0 radical (unpaired) electrons. The average molecular weight is 479 g/mol. The van der Waals surface area contributed by atoms with Crippen molar-refractivity contribution in [2.45, 2.75) is 141 Å². The normalized spacial score (nSPS) is 10.7. The Hall–Kier alpha value is -1.58. The van der Waals surface area contributed by atoms with Gasteiger partial charge in [-0.25, -0.2) is 0 Å². The highest BCUT2D eigenvalue weighted by molar-refractivity contribution is 5.77. The summed E-state index contributed by atoms with van der Waals surface area (Å²) in [7, 11) is 0. The quantitative estimate of drug-likeness (QED) is 0.0671. The van der Waals surface area contributed by atoms with Gasteiger partial charge >= 0.3 is 11.9 Å². The van der Waals surface area contributed by atoms with E-state index in [4.69, 9.17) is 9.47 Å². The maximum Gasteiger partial charge on any atom is 0.306 e. The molecule has 0 spiro atoms. The molecule has 0 N–H and O–H groups in total. The molecule has 4 heteroatoms. The van der Waals surface area contributed by atoms with Crippen LogP contribution in [0.2, 0.25) is 0 Å². The van der Waals surface area contributed by atoms with Gasteiger partial charge in [-0.05, 0) is 38.5 Å². The van der Waals surface area contributed by atoms with Crippen molar-refractivity contribution < 1.29 is 19.1 Å². The van der Waals surface area contributed by atoms with E-state index in [1.807, 2.05) is 12.2 Å². The Morgan fingerprint density at radius 1 is 0.441 bits per heavy atom. The molecule has 34 heavy (non-hydrogen) atoms. The first-order valence-corrected chi connectivity index (χ1v) is 14.2. The maximum absolute atomic E-state index is 11.8. The largest absolute Gasteiger partial charge is 0.466 e. The van der Waals surface area contributed by atoms with Crippen molar-refractivity contribution in [2.75, 3.05) is 13.2 Å². The van der Waals surface area contributed by atoms with Gasteiger partial charge in [0, 0.05) is 0 Å². The Bertz CT molecular complexity index is 442. The number of hydrogen-bond acceptors (Lipinski definition) is 4. The molecular weight excluding hydrogens is 424 g/mol. The summed E-state index contributed by atoms with van der Waals surface area (Å²) < 4.78 is 10.5. The van der Waals surface area contributed by atoms with Crippen LogP contribution in [0.25, 0.3) is 0 Å². The molecule has 0 saturated heterocycles. The molecule has 198 valence electrons. The molecule has 0 amide bonds. The summed E-state index contributed by atoms with van der Waals surface area (Å²) in [6, 6.07) is 0. The Morgan fingerprint density at radius 2 is 0.706 bits per heavy atom. The van der Waals surface area contributed by atoms with Crippen molar-refractivity contribution in [1.29, 1.82) is 0 Å². The van der Waals surface area contributed by atoms with Crippen LogP contribution < -0.4 is 0 Å². The summed E-state index contributed by atoms with van der Waals surface area (Å²) in [5.41, 5.74) is 0. The molecule has 0 aromatic carbocycles. The van der Waals surface area contributed by atoms with E-state index >= 15 is 0 Å². The minimum absolute atomic E-state index is 0.123. The van der Waals surface area contributed by atoms with Crippen LogP contribution in [0.3, 0.4) is 0 Å². The van der Waals surface area contributed by atoms with Gasteiger partial charge in [0.1, 0.15) is 0 Å². The summed E-state index contributed by atoms with van der Waals surface area (Å²) in [5, 5.41) is 0. The number of hydrogen-bond donors (Lipinski definition) is 0. The predicted octanol–water partition coefficient (Wildman–Crippen LogP) is 9.03. The molecule has 0 unspecified atom stereocenters. The second kappa shape index (κ2) is 27.7. The van der Waals surface area contributed by atoms with E-state index in [1.54, 1.807) is 0 Å². The van der Waals surface area contributed by atoms with Crippen LogP contribution in [0.4, 0.5) is 0 Å². The van der Waals surface area contributed by atoms with E-state index < -0.39 is 0 Å². The molecule has 0 bridgehead atoms. The fourth-order valence-electron chi connectivity index (χ4n) is 3.98. The third kappa shape index (κ3) is 26.7. The van der Waals surface area contributed by atoms with E-state index in [2.05, 4.69) is 13.2 Å². The summed E-state index contributed by atoms with van der Waals surface area (Å²) in [5.74, 6) is -0.582. The number of carbonyl (C=O) groups excluding carboxylic acids is 2. The topological polar surface area (TPSA) is 52.6 Å². The van der Waals surface area contributed by atoms with Gasteiger partial charge in [0.15, 0.2) is 0 Å². The van der Waals surface area contributed by atoms with Gasteiger partial charge in [-0.15, -0.1) is 13.2 Å². The number of rotatable bonds is 27. The van der Waals surface area contributed by atoms with Gasteiger partial charge in [0.25, 0.3) is 0 Å². The molecule has 0 heterocycles. The maximum atomic E-state index is 11.8. The lowest BCUT2D eigenvalue weighted by atomic mass is 10.1. The van der Waals surface area contributed by atoms with Gasteiger partial charge in [-0.3, -0.25) is 9.59 Å². The summed E-state index contributed by atoms with van der Waals surface area (Å²) in [6.45, 7) is 8.43. The van der Waals surface area contributed by atoms with Crippen LogP contribution in [-0.2, 0) is 19.1 Å². The van der Waals surface area contributed by atoms with E-state index in [1.165, 1.54) is 89.9 Å². The first kappa shape index (κ1) is 32.4. The summed E-state index contributed by atoms with van der Waals surface area (Å²) >= 11 is 0. The van der Waals surface area contributed by atoms with Gasteiger partial charge in [0.05, 0.1) is 26.1 Å². The molecule has 0 aliphatic heterocycles. The second-order valence-corrected chi connectivity index (χ2v) is 9.46. The zero-order chi connectivity index (χ0) is 25.0. The van der Waals surface area contributed by atoms with Crippen molar-refractivity contribution in [2.24, 2.45) is 0 Å². The zero-order valence-electron chi connectivity index (χ0n) is 22.2. The SMILES string of the molecule is C=CCCCCCCCCCCCOC(=O)CCC(=O)OCCCCCCCCCCCC=C. The van der Waals surface area contributed by atoms with Crippen LogP contribution in [-0.4, -0.2) is 25.2 Å². The molecule has 0 saturated carbocycles. The Kier molecular flexibility index (Phi) is 26.4. The van der Waals surface area contributed by atoms with Crippen molar-refractivity contribution in [3.63, 3.8) is 0 Å². The van der Waals surface area contributed by atoms with Crippen molar-refractivity contribution >= 4 is 11.9 Å². The molecule has 0 fully saturated rings. The summed E-state index contributed by atoms with van der Waals surface area (Å²) in [6.07, 6.45) is 28.5. The molecule has 0 aromatic rings. The highest BCUT2D eigenvalue weighted by Gasteiger charge is 2.09. The predicted molar refractivity (Wildman–Crippen MR) is 144 cm³/mol. The van der Waals surface area contributed by atoms with Crippen molar-refractivity contribution in [3.8, 4) is 0 Å². The van der Waals surface area contributed by atoms with Gasteiger partial charge in [0.2, 0.25) is 0 Å². The lowest BCUT2D eigenvalue weighted by molar-refractivity contribution is -0.150. The highest BCUT2D eigenvalue weighted by Crippen LogP contribution is 2.12. The smallest absolute Gasteiger partial charge is 0.306 e. The molecule has 0 aliphatic rings. The molecular formula is C30H54O4. The minimum Gasteiger partial charge on any atom is -0.466 e. The standard InChI is InChI=1S/C30H54O4/c1-3-5-7-9-11-13-15-17-19-21-23-27-33-29(31)25-26-30(32)34-28-24-22-20-18-16-14-12-10-8-6-4-2/h3-4H,1-2,5-28H2. The highest BCUT2D eigenvalue weighted by atomic mass is 16.5. The van der Waals surface area contributed by atoms with Crippen molar-refractivity contribution in [1.82, 2.24) is 0 Å². The molecule has 0 aromatic heterocycles. The van der Waals surface area contributed by atoms with Crippen LogP contribution >= 0.6 is 0 Å². The number of esters is 2. The molecule has 0 atom stereocenters.